The van der Waals surface area contributed by atoms with Crippen molar-refractivity contribution in [1.82, 2.24) is 9.97 Å². The van der Waals surface area contributed by atoms with Crippen molar-refractivity contribution in [3.63, 3.8) is 0 Å². The highest BCUT2D eigenvalue weighted by Gasteiger charge is 2.20. The predicted molar refractivity (Wildman–Crippen MR) is 89.3 cm³/mol. The maximum atomic E-state index is 4.44. The second-order valence-electron chi connectivity index (χ2n) is 6.18. The van der Waals surface area contributed by atoms with Crippen LogP contribution in [-0.2, 0) is 0 Å². The van der Waals surface area contributed by atoms with Crippen molar-refractivity contribution < 1.29 is 0 Å². The maximum Gasteiger partial charge on any atom is 0.118 e. The predicted octanol–water partition coefficient (Wildman–Crippen LogP) is 5.80. The number of aryl methyl sites for hydroxylation is 1. The first-order valence-corrected chi connectivity index (χ1v) is 8.83. The molecule has 0 N–H and O–H groups in total. The third-order valence-corrected chi connectivity index (χ3v) is 4.94. The van der Waals surface area contributed by atoms with Gasteiger partial charge in [0.25, 0.3) is 0 Å². The van der Waals surface area contributed by atoms with Gasteiger partial charge in [0.2, 0.25) is 0 Å². The Morgan fingerprint density at radius 3 is 2.20 bits per heavy atom. The van der Waals surface area contributed by atoms with Gasteiger partial charge in [0.15, 0.2) is 0 Å². The Hall–Kier alpha value is -0.570. The minimum Gasteiger partial charge on any atom is -0.257 e. The average Bonchev–Trinajstić information content (AvgIpc) is 2.40. The molecular formula is C17H30N2S. The van der Waals surface area contributed by atoms with E-state index < -0.39 is 0 Å². The fourth-order valence-corrected chi connectivity index (χ4v) is 3.40. The third kappa shape index (κ3) is 7.28. The Bertz CT molecular complexity index is 377. The summed E-state index contributed by atoms with van der Waals surface area (Å²) in [7, 11) is 0. The van der Waals surface area contributed by atoms with E-state index >= 15 is 0 Å². The highest BCUT2D eigenvalue weighted by molar-refractivity contribution is 8.00. The lowest BCUT2D eigenvalue weighted by atomic mass is 10.0. The normalized spacial score (nSPS) is 11.8. The van der Waals surface area contributed by atoms with Crippen molar-refractivity contribution in [1.29, 1.82) is 0 Å². The van der Waals surface area contributed by atoms with Gasteiger partial charge < -0.3 is 0 Å². The molecule has 3 heteroatoms. The van der Waals surface area contributed by atoms with Gasteiger partial charge in [0.1, 0.15) is 5.03 Å². The molecule has 0 unspecified atom stereocenters. The molecule has 0 radical (unpaired) electrons. The summed E-state index contributed by atoms with van der Waals surface area (Å²) in [5, 5.41) is 1.08. The van der Waals surface area contributed by atoms with Crippen LogP contribution >= 0.6 is 11.8 Å². The summed E-state index contributed by atoms with van der Waals surface area (Å²) >= 11 is 1.87. The molecule has 0 aliphatic carbocycles. The standard InChI is InChI=1S/C17H30N2S/c1-5-6-7-8-9-10-11-12-17(3,4)20-16-15(2)18-13-14-19-16/h13-14H,5-12H2,1-4H3. The van der Waals surface area contributed by atoms with Gasteiger partial charge in [-0.15, -0.1) is 0 Å². The minimum atomic E-state index is 0.254. The lowest BCUT2D eigenvalue weighted by molar-refractivity contribution is 0.536. The van der Waals surface area contributed by atoms with E-state index in [2.05, 4.69) is 30.7 Å². The van der Waals surface area contributed by atoms with E-state index in [4.69, 9.17) is 0 Å². The third-order valence-electron chi connectivity index (χ3n) is 3.59. The zero-order chi connectivity index (χ0) is 14.8. The smallest absolute Gasteiger partial charge is 0.118 e. The first-order chi connectivity index (χ1) is 9.55. The van der Waals surface area contributed by atoms with Crippen LogP contribution < -0.4 is 0 Å². The Morgan fingerprint density at radius 2 is 1.55 bits per heavy atom. The molecule has 0 fully saturated rings. The summed E-state index contributed by atoms with van der Waals surface area (Å²) in [4.78, 5) is 8.76. The van der Waals surface area contributed by atoms with Crippen molar-refractivity contribution in [3.05, 3.63) is 18.1 Å². The Labute approximate surface area is 129 Å². The van der Waals surface area contributed by atoms with Gasteiger partial charge in [-0.1, -0.05) is 77.5 Å². The van der Waals surface area contributed by atoms with E-state index in [0.717, 1.165) is 10.7 Å². The second kappa shape index (κ2) is 9.38. The van der Waals surface area contributed by atoms with E-state index in [9.17, 15) is 0 Å². The van der Waals surface area contributed by atoms with Crippen LogP contribution in [0, 0.1) is 6.92 Å². The van der Waals surface area contributed by atoms with Crippen LogP contribution in [0.25, 0.3) is 0 Å². The monoisotopic (exact) mass is 294 g/mol. The molecule has 0 amide bonds. The summed E-state index contributed by atoms with van der Waals surface area (Å²) in [6.07, 6.45) is 14.4. The van der Waals surface area contributed by atoms with Gasteiger partial charge in [0, 0.05) is 17.1 Å². The van der Waals surface area contributed by atoms with E-state index in [-0.39, 0.29) is 4.75 Å². The molecule has 1 rings (SSSR count). The molecular weight excluding hydrogens is 264 g/mol. The van der Waals surface area contributed by atoms with E-state index in [1.165, 1.54) is 51.4 Å². The molecule has 0 aliphatic heterocycles. The van der Waals surface area contributed by atoms with Gasteiger partial charge in [-0.3, -0.25) is 4.98 Å². The lowest BCUT2D eigenvalue weighted by Crippen LogP contribution is -2.15. The number of unbranched alkanes of at least 4 members (excludes halogenated alkanes) is 6. The van der Waals surface area contributed by atoms with Gasteiger partial charge in [-0.25, -0.2) is 4.98 Å². The molecule has 1 aromatic heterocycles. The number of thioether (sulfide) groups is 1. The molecule has 20 heavy (non-hydrogen) atoms. The minimum absolute atomic E-state index is 0.254. The fraction of sp³-hybridized carbons (Fsp3) is 0.765. The van der Waals surface area contributed by atoms with Crippen molar-refractivity contribution in [3.8, 4) is 0 Å². The first kappa shape index (κ1) is 17.5. The molecule has 0 saturated carbocycles. The molecule has 0 aromatic carbocycles. The van der Waals surface area contributed by atoms with Crippen molar-refractivity contribution in [2.75, 3.05) is 0 Å². The largest absolute Gasteiger partial charge is 0.257 e. The molecule has 0 bridgehead atoms. The molecule has 1 heterocycles. The number of rotatable bonds is 10. The van der Waals surface area contributed by atoms with E-state index in [1.54, 1.807) is 12.4 Å². The van der Waals surface area contributed by atoms with Crippen LogP contribution in [0.2, 0.25) is 0 Å². The Kier molecular flexibility index (Phi) is 8.20. The zero-order valence-corrected chi connectivity index (χ0v) is 14.4. The number of nitrogens with zero attached hydrogens (tertiary/aromatic N) is 2. The summed E-state index contributed by atoms with van der Waals surface area (Å²) < 4.78 is 0.254. The summed E-state index contributed by atoms with van der Waals surface area (Å²) in [5.74, 6) is 0. The molecule has 114 valence electrons. The molecule has 0 saturated heterocycles. The maximum absolute atomic E-state index is 4.44. The quantitative estimate of drug-likeness (QED) is 0.403. The Balaban J connectivity index is 2.23. The zero-order valence-electron chi connectivity index (χ0n) is 13.6. The molecule has 0 aliphatic rings. The van der Waals surface area contributed by atoms with Crippen molar-refractivity contribution in [2.45, 2.75) is 88.8 Å². The fourth-order valence-electron chi connectivity index (χ4n) is 2.32. The van der Waals surface area contributed by atoms with Crippen LogP contribution in [0.3, 0.4) is 0 Å². The molecule has 1 aromatic rings. The molecule has 2 nitrogen and oxygen atoms in total. The van der Waals surface area contributed by atoms with Gasteiger partial charge in [0.05, 0.1) is 5.69 Å². The van der Waals surface area contributed by atoms with Crippen LogP contribution in [0.5, 0.6) is 0 Å². The van der Waals surface area contributed by atoms with Crippen LogP contribution in [0.4, 0.5) is 0 Å². The van der Waals surface area contributed by atoms with E-state index in [1.807, 2.05) is 18.7 Å². The van der Waals surface area contributed by atoms with Crippen molar-refractivity contribution in [2.24, 2.45) is 0 Å². The highest BCUT2D eigenvalue weighted by atomic mass is 32.2. The number of hydrogen-bond acceptors (Lipinski definition) is 3. The first-order valence-electron chi connectivity index (χ1n) is 8.02. The number of hydrogen-bond donors (Lipinski definition) is 0. The topological polar surface area (TPSA) is 25.8 Å². The molecule has 0 atom stereocenters. The summed E-state index contributed by atoms with van der Waals surface area (Å²) in [6, 6.07) is 0. The van der Waals surface area contributed by atoms with Crippen LogP contribution in [0.1, 0.15) is 77.8 Å². The van der Waals surface area contributed by atoms with Crippen molar-refractivity contribution >= 4 is 11.8 Å². The van der Waals surface area contributed by atoms with E-state index in [0.29, 0.717) is 0 Å². The van der Waals surface area contributed by atoms with Crippen LogP contribution in [-0.4, -0.2) is 14.7 Å². The van der Waals surface area contributed by atoms with Gasteiger partial charge in [-0.05, 0) is 13.3 Å². The number of aromatic nitrogens is 2. The second-order valence-corrected chi connectivity index (χ2v) is 7.88. The molecule has 0 spiro atoms. The summed E-state index contributed by atoms with van der Waals surface area (Å²) in [5.41, 5.74) is 1.05. The highest BCUT2D eigenvalue weighted by Crippen LogP contribution is 2.36. The Morgan fingerprint density at radius 1 is 0.950 bits per heavy atom. The lowest BCUT2D eigenvalue weighted by Gasteiger charge is -2.23. The van der Waals surface area contributed by atoms with Crippen LogP contribution in [0.15, 0.2) is 17.4 Å². The van der Waals surface area contributed by atoms with Gasteiger partial charge in [-0.2, -0.15) is 0 Å². The average molecular weight is 295 g/mol. The summed E-state index contributed by atoms with van der Waals surface area (Å²) in [6.45, 7) is 8.96. The van der Waals surface area contributed by atoms with Gasteiger partial charge >= 0.3 is 0 Å². The SMILES string of the molecule is CCCCCCCCCC(C)(C)Sc1nccnc1C.